The van der Waals surface area contributed by atoms with E-state index in [-0.39, 0.29) is 6.04 Å². The van der Waals surface area contributed by atoms with Crippen LogP contribution in [0.5, 0.6) is 5.75 Å². The highest BCUT2D eigenvalue weighted by atomic mass is 16.5. The smallest absolute Gasteiger partial charge is 0.176 e. The van der Waals surface area contributed by atoms with Gasteiger partial charge in [-0.15, -0.1) is 0 Å². The Morgan fingerprint density at radius 3 is 3.00 bits per heavy atom. The number of ether oxygens (including phenoxy) is 1. The van der Waals surface area contributed by atoms with Crippen LogP contribution in [0.1, 0.15) is 38.0 Å². The molecule has 0 fully saturated rings. The number of nitrogens with one attached hydrogen (secondary N) is 1. The van der Waals surface area contributed by atoms with Crippen molar-refractivity contribution in [3.8, 4) is 5.75 Å². The standard InChI is InChI=1S/C17H21NO2/c1-12(18-14-8-4-3-5-9-14)16-11-13-7-6-10-15(19-2)17(13)20-16/h3-4,6-7,10-12,14,18H,5,8-9H2,1-2H3. The molecule has 2 aromatic rings. The lowest BCUT2D eigenvalue weighted by molar-refractivity contribution is 0.373. The summed E-state index contributed by atoms with van der Waals surface area (Å²) in [6.45, 7) is 2.16. The first-order chi connectivity index (χ1) is 9.78. The van der Waals surface area contributed by atoms with E-state index in [1.54, 1.807) is 7.11 Å². The predicted molar refractivity (Wildman–Crippen MR) is 81.1 cm³/mol. The summed E-state index contributed by atoms with van der Waals surface area (Å²) in [5.74, 6) is 1.76. The SMILES string of the molecule is COc1cccc2cc(C(C)NC3CC=CCC3)oc12. The highest BCUT2D eigenvalue weighted by Gasteiger charge is 2.18. The average molecular weight is 271 g/mol. The Kier molecular flexibility index (Phi) is 3.79. The van der Waals surface area contributed by atoms with Crippen LogP contribution in [0.25, 0.3) is 11.0 Å². The van der Waals surface area contributed by atoms with Crippen molar-refractivity contribution >= 4 is 11.0 Å². The normalized spacial score (nSPS) is 20.2. The Labute approximate surface area is 119 Å². The maximum atomic E-state index is 5.99. The predicted octanol–water partition coefficient (Wildman–Crippen LogP) is 4.20. The average Bonchev–Trinajstić information content (AvgIpc) is 2.92. The molecule has 3 heteroatoms. The molecule has 1 aliphatic rings. The topological polar surface area (TPSA) is 34.4 Å². The van der Waals surface area contributed by atoms with Crippen LogP contribution >= 0.6 is 0 Å². The zero-order valence-electron chi connectivity index (χ0n) is 12.1. The van der Waals surface area contributed by atoms with Crippen LogP contribution in [0.15, 0.2) is 40.8 Å². The van der Waals surface area contributed by atoms with E-state index in [2.05, 4.69) is 36.5 Å². The summed E-state index contributed by atoms with van der Waals surface area (Å²) in [5, 5.41) is 4.74. The van der Waals surface area contributed by atoms with E-state index in [1.807, 2.05) is 12.1 Å². The van der Waals surface area contributed by atoms with Gasteiger partial charge >= 0.3 is 0 Å². The quantitative estimate of drug-likeness (QED) is 0.846. The first-order valence-electron chi connectivity index (χ1n) is 7.25. The van der Waals surface area contributed by atoms with E-state index in [1.165, 1.54) is 12.8 Å². The summed E-state index contributed by atoms with van der Waals surface area (Å²) < 4.78 is 11.3. The fourth-order valence-electron chi connectivity index (χ4n) is 2.81. The molecule has 1 heterocycles. The molecule has 3 rings (SSSR count). The first-order valence-corrected chi connectivity index (χ1v) is 7.25. The van der Waals surface area contributed by atoms with Crippen molar-refractivity contribution in [3.63, 3.8) is 0 Å². The Morgan fingerprint density at radius 1 is 1.35 bits per heavy atom. The third-order valence-electron chi connectivity index (χ3n) is 3.93. The number of furan rings is 1. The van der Waals surface area contributed by atoms with Gasteiger partial charge in [-0.25, -0.2) is 0 Å². The van der Waals surface area contributed by atoms with E-state index < -0.39 is 0 Å². The van der Waals surface area contributed by atoms with Crippen molar-refractivity contribution in [2.24, 2.45) is 0 Å². The number of hydrogen-bond donors (Lipinski definition) is 1. The summed E-state index contributed by atoms with van der Waals surface area (Å²) in [6, 6.07) is 8.84. The zero-order chi connectivity index (χ0) is 13.9. The highest BCUT2D eigenvalue weighted by Crippen LogP contribution is 2.31. The van der Waals surface area contributed by atoms with E-state index in [0.717, 1.165) is 28.9 Å². The van der Waals surface area contributed by atoms with Gasteiger partial charge in [-0.05, 0) is 38.3 Å². The third kappa shape index (κ3) is 2.59. The second-order valence-electron chi connectivity index (χ2n) is 5.40. The van der Waals surface area contributed by atoms with Crippen molar-refractivity contribution in [2.75, 3.05) is 7.11 Å². The van der Waals surface area contributed by atoms with Gasteiger partial charge in [0, 0.05) is 11.4 Å². The van der Waals surface area contributed by atoms with Crippen LogP contribution in [-0.2, 0) is 0 Å². The lowest BCUT2D eigenvalue weighted by Gasteiger charge is -2.22. The molecule has 0 bridgehead atoms. The minimum absolute atomic E-state index is 0.212. The summed E-state index contributed by atoms with van der Waals surface area (Å²) in [6.07, 6.45) is 7.99. The maximum absolute atomic E-state index is 5.99. The molecule has 2 atom stereocenters. The molecule has 0 aliphatic heterocycles. The van der Waals surface area contributed by atoms with Crippen LogP contribution < -0.4 is 10.1 Å². The third-order valence-corrected chi connectivity index (χ3v) is 3.93. The molecule has 1 aromatic carbocycles. The molecule has 2 unspecified atom stereocenters. The largest absolute Gasteiger partial charge is 0.493 e. The van der Waals surface area contributed by atoms with Gasteiger partial charge < -0.3 is 14.5 Å². The maximum Gasteiger partial charge on any atom is 0.176 e. The number of hydrogen-bond acceptors (Lipinski definition) is 3. The van der Waals surface area contributed by atoms with Crippen molar-refractivity contribution in [2.45, 2.75) is 38.3 Å². The van der Waals surface area contributed by atoms with Gasteiger partial charge in [-0.1, -0.05) is 24.3 Å². The number of allylic oxidation sites excluding steroid dienone is 1. The summed E-state index contributed by atoms with van der Waals surface area (Å²) in [7, 11) is 1.67. The van der Waals surface area contributed by atoms with Crippen molar-refractivity contribution < 1.29 is 9.15 Å². The highest BCUT2D eigenvalue weighted by molar-refractivity contribution is 5.83. The molecule has 1 N–H and O–H groups in total. The fraction of sp³-hybridized carbons (Fsp3) is 0.412. The molecule has 1 aromatic heterocycles. The molecule has 0 saturated heterocycles. The van der Waals surface area contributed by atoms with Crippen LogP contribution in [0.3, 0.4) is 0 Å². The molecule has 0 spiro atoms. The Morgan fingerprint density at radius 2 is 2.25 bits per heavy atom. The van der Waals surface area contributed by atoms with Gasteiger partial charge in [0.2, 0.25) is 0 Å². The van der Waals surface area contributed by atoms with Crippen LogP contribution in [0.2, 0.25) is 0 Å². The van der Waals surface area contributed by atoms with E-state index in [9.17, 15) is 0 Å². The van der Waals surface area contributed by atoms with Gasteiger partial charge in [0.25, 0.3) is 0 Å². The van der Waals surface area contributed by atoms with Crippen molar-refractivity contribution in [1.82, 2.24) is 5.32 Å². The summed E-state index contributed by atoms with van der Waals surface area (Å²) in [5.41, 5.74) is 0.835. The molecule has 0 radical (unpaired) electrons. The van der Waals surface area contributed by atoms with E-state index >= 15 is 0 Å². The molecule has 20 heavy (non-hydrogen) atoms. The zero-order valence-corrected chi connectivity index (χ0v) is 12.1. The second kappa shape index (κ2) is 5.71. The monoisotopic (exact) mass is 271 g/mol. The van der Waals surface area contributed by atoms with E-state index in [0.29, 0.717) is 6.04 Å². The van der Waals surface area contributed by atoms with Crippen LogP contribution in [0.4, 0.5) is 0 Å². The van der Waals surface area contributed by atoms with Gasteiger partial charge in [0.1, 0.15) is 5.76 Å². The van der Waals surface area contributed by atoms with Gasteiger partial charge in [-0.2, -0.15) is 0 Å². The van der Waals surface area contributed by atoms with Gasteiger partial charge in [-0.3, -0.25) is 0 Å². The molecular weight excluding hydrogens is 250 g/mol. The fourth-order valence-corrected chi connectivity index (χ4v) is 2.81. The molecule has 1 aliphatic carbocycles. The summed E-state index contributed by atoms with van der Waals surface area (Å²) >= 11 is 0. The number of fused-ring (bicyclic) bond motifs is 1. The first kappa shape index (κ1) is 13.3. The van der Waals surface area contributed by atoms with E-state index in [4.69, 9.17) is 9.15 Å². The molecule has 0 amide bonds. The number of para-hydroxylation sites is 1. The molecule has 3 nitrogen and oxygen atoms in total. The number of methoxy groups -OCH3 is 1. The Balaban J connectivity index is 1.80. The second-order valence-corrected chi connectivity index (χ2v) is 5.40. The summed E-state index contributed by atoms with van der Waals surface area (Å²) in [4.78, 5) is 0. The Hall–Kier alpha value is -1.74. The lowest BCUT2D eigenvalue weighted by atomic mass is 10.0. The van der Waals surface area contributed by atoms with Gasteiger partial charge in [0.05, 0.1) is 13.2 Å². The van der Waals surface area contributed by atoms with Crippen molar-refractivity contribution in [3.05, 3.63) is 42.2 Å². The van der Waals surface area contributed by atoms with Crippen molar-refractivity contribution in [1.29, 1.82) is 0 Å². The number of rotatable bonds is 4. The van der Waals surface area contributed by atoms with Crippen LogP contribution in [-0.4, -0.2) is 13.2 Å². The minimum Gasteiger partial charge on any atom is -0.493 e. The van der Waals surface area contributed by atoms with Gasteiger partial charge in [0.15, 0.2) is 11.3 Å². The van der Waals surface area contributed by atoms with Crippen LogP contribution in [0, 0.1) is 0 Å². The Bertz CT molecular complexity index is 614. The minimum atomic E-state index is 0.212. The molecule has 0 saturated carbocycles. The lowest BCUT2D eigenvalue weighted by Crippen LogP contribution is -2.31. The number of benzene rings is 1. The molecular formula is C17H21NO2. The molecule has 106 valence electrons.